The van der Waals surface area contributed by atoms with Crippen LogP contribution in [0.5, 0.6) is 0 Å². The zero-order chi connectivity index (χ0) is 15.5. The lowest BCUT2D eigenvalue weighted by atomic mass is 9.87. The topological polar surface area (TPSA) is 75.3 Å². The van der Waals surface area contributed by atoms with Gasteiger partial charge >= 0.3 is 0 Å². The molecular weight excluding hydrogens is 288 g/mol. The second kappa shape index (κ2) is 6.58. The Hall–Kier alpha value is -1.40. The third-order valence-corrected chi connectivity index (χ3v) is 5.41. The predicted molar refractivity (Wildman–Crippen MR) is 82.5 cm³/mol. The Morgan fingerprint density at radius 2 is 1.76 bits per heavy atom. The summed E-state index contributed by atoms with van der Waals surface area (Å²) < 4.78 is 27.6. The lowest BCUT2D eigenvalue weighted by molar-refractivity contribution is -0.114. The summed E-state index contributed by atoms with van der Waals surface area (Å²) in [5.41, 5.74) is 0.590. The van der Waals surface area contributed by atoms with Gasteiger partial charge in [0.2, 0.25) is 15.9 Å². The fourth-order valence-electron chi connectivity index (χ4n) is 2.68. The minimum absolute atomic E-state index is 0.0128. The van der Waals surface area contributed by atoms with Gasteiger partial charge in [-0.3, -0.25) is 4.79 Å². The molecule has 1 aromatic carbocycles. The van der Waals surface area contributed by atoms with Crippen LogP contribution in [0.3, 0.4) is 0 Å². The normalized spacial score (nSPS) is 22.8. The van der Waals surface area contributed by atoms with Crippen LogP contribution in [-0.2, 0) is 14.8 Å². The number of rotatable bonds is 4. The highest BCUT2D eigenvalue weighted by Crippen LogP contribution is 2.25. The van der Waals surface area contributed by atoms with Crippen molar-refractivity contribution in [1.29, 1.82) is 0 Å². The molecule has 0 aromatic heterocycles. The first-order valence-electron chi connectivity index (χ1n) is 7.28. The lowest BCUT2D eigenvalue weighted by Crippen LogP contribution is -2.40. The van der Waals surface area contributed by atoms with Crippen molar-refractivity contribution in [2.75, 3.05) is 5.32 Å². The van der Waals surface area contributed by atoms with E-state index in [0.717, 1.165) is 19.3 Å². The molecular formula is C15H22N2O3S. The van der Waals surface area contributed by atoms with Crippen LogP contribution in [0, 0.1) is 5.92 Å². The van der Waals surface area contributed by atoms with E-state index >= 15 is 0 Å². The van der Waals surface area contributed by atoms with E-state index in [-0.39, 0.29) is 16.8 Å². The minimum Gasteiger partial charge on any atom is -0.326 e. The van der Waals surface area contributed by atoms with Crippen LogP contribution in [0.15, 0.2) is 29.2 Å². The Morgan fingerprint density at radius 3 is 2.33 bits per heavy atom. The molecule has 0 bridgehead atoms. The van der Waals surface area contributed by atoms with Crippen molar-refractivity contribution >= 4 is 21.6 Å². The second-order valence-electron chi connectivity index (χ2n) is 5.70. The molecule has 2 rings (SSSR count). The quantitative estimate of drug-likeness (QED) is 0.897. The molecule has 1 fully saturated rings. The van der Waals surface area contributed by atoms with Gasteiger partial charge < -0.3 is 5.32 Å². The fourth-order valence-corrected chi connectivity index (χ4v) is 4.06. The molecule has 0 saturated heterocycles. The first-order valence-corrected chi connectivity index (χ1v) is 8.77. The number of hydrogen-bond acceptors (Lipinski definition) is 3. The molecule has 0 aliphatic heterocycles. The van der Waals surface area contributed by atoms with E-state index in [1.807, 2.05) is 0 Å². The highest BCUT2D eigenvalue weighted by atomic mass is 32.2. The highest BCUT2D eigenvalue weighted by Gasteiger charge is 2.26. The van der Waals surface area contributed by atoms with Crippen LogP contribution in [-0.4, -0.2) is 20.4 Å². The van der Waals surface area contributed by atoms with Gasteiger partial charge in [0.15, 0.2) is 0 Å². The Labute approximate surface area is 126 Å². The third-order valence-electron chi connectivity index (χ3n) is 3.90. The maximum absolute atomic E-state index is 12.4. The third kappa shape index (κ3) is 4.28. The van der Waals surface area contributed by atoms with Gasteiger partial charge in [-0.1, -0.05) is 19.8 Å². The average Bonchev–Trinajstić information content (AvgIpc) is 2.41. The maximum atomic E-state index is 12.4. The number of anilines is 1. The van der Waals surface area contributed by atoms with E-state index in [9.17, 15) is 13.2 Å². The van der Waals surface area contributed by atoms with Gasteiger partial charge in [-0.05, 0) is 43.0 Å². The van der Waals surface area contributed by atoms with Gasteiger partial charge in [0.05, 0.1) is 4.90 Å². The molecule has 6 heteroatoms. The Bertz CT molecular complexity index is 596. The lowest BCUT2D eigenvalue weighted by Gasteiger charge is -2.29. The zero-order valence-corrected chi connectivity index (χ0v) is 13.2. The van der Waals surface area contributed by atoms with Crippen LogP contribution < -0.4 is 10.0 Å². The minimum atomic E-state index is -3.50. The number of nitrogens with one attached hydrogen (secondary N) is 2. The highest BCUT2D eigenvalue weighted by molar-refractivity contribution is 7.89. The monoisotopic (exact) mass is 310 g/mol. The van der Waals surface area contributed by atoms with E-state index in [2.05, 4.69) is 17.0 Å². The van der Waals surface area contributed by atoms with Crippen molar-refractivity contribution in [2.24, 2.45) is 5.92 Å². The predicted octanol–water partition coefficient (Wildman–Crippen LogP) is 2.50. The zero-order valence-electron chi connectivity index (χ0n) is 12.4. The molecule has 21 heavy (non-hydrogen) atoms. The van der Waals surface area contributed by atoms with Crippen LogP contribution in [0.25, 0.3) is 0 Å². The molecule has 1 aliphatic carbocycles. The van der Waals surface area contributed by atoms with Gasteiger partial charge in [0.1, 0.15) is 0 Å². The summed E-state index contributed by atoms with van der Waals surface area (Å²) in [6.45, 7) is 3.50. The summed E-state index contributed by atoms with van der Waals surface area (Å²) >= 11 is 0. The van der Waals surface area contributed by atoms with E-state index in [0.29, 0.717) is 11.6 Å². The van der Waals surface area contributed by atoms with Crippen LogP contribution in [0.1, 0.15) is 39.5 Å². The smallest absolute Gasteiger partial charge is 0.240 e. The largest absolute Gasteiger partial charge is 0.326 e. The number of amides is 1. The van der Waals surface area contributed by atoms with Gasteiger partial charge in [-0.15, -0.1) is 0 Å². The average molecular weight is 310 g/mol. The number of hydrogen-bond donors (Lipinski definition) is 2. The van der Waals surface area contributed by atoms with Crippen molar-refractivity contribution in [2.45, 2.75) is 50.5 Å². The summed E-state index contributed by atoms with van der Waals surface area (Å²) in [5, 5.41) is 2.62. The molecule has 5 nitrogen and oxygen atoms in total. The van der Waals surface area contributed by atoms with Gasteiger partial charge in [-0.2, -0.15) is 0 Å². The van der Waals surface area contributed by atoms with E-state index in [1.165, 1.54) is 25.5 Å². The van der Waals surface area contributed by atoms with E-state index < -0.39 is 10.0 Å². The molecule has 116 valence electrons. The molecule has 0 unspecified atom stereocenters. The number of sulfonamides is 1. The molecule has 1 aliphatic rings. The number of benzene rings is 1. The summed E-state index contributed by atoms with van der Waals surface area (Å²) in [4.78, 5) is 11.2. The van der Waals surface area contributed by atoms with Crippen molar-refractivity contribution < 1.29 is 13.2 Å². The molecule has 0 spiro atoms. The Balaban J connectivity index is 2.10. The number of carbonyl (C=O) groups is 1. The summed E-state index contributed by atoms with van der Waals surface area (Å²) in [6.07, 6.45) is 4.20. The maximum Gasteiger partial charge on any atom is 0.240 e. The van der Waals surface area contributed by atoms with Gasteiger partial charge in [0, 0.05) is 18.7 Å². The molecule has 2 N–H and O–H groups in total. The molecule has 1 aromatic rings. The second-order valence-corrected chi connectivity index (χ2v) is 7.41. The van der Waals surface area contributed by atoms with Crippen molar-refractivity contribution in [1.82, 2.24) is 4.72 Å². The van der Waals surface area contributed by atoms with Crippen LogP contribution in [0.2, 0.25) is 0 Å². The number of carbonyl (C=O) groups excluding carboxylic acids is 1. The Kier molecular flexibility index (Phi) is 5.00. The molecule has 0 radical (unpaired) electrons. The van der Waals surface area contributed by atoms with E-state index in [1.54, 1.807) is 12.1 Å². The molecule has 0 heterocycles. The first kappa shape index (κ1) is 16.0. The fraction of sp³-hybridized carbons (Fsp3) is 0.533. The molecule has 2 atom stereocenters. The van der Waals surface area contributed by atoms with E-state index in [4.69, 9.17) is 0 Å². The van der Waals surface area contributed by atoms with Crippen molar-refractivity contribution in [3.8, 4) is 0 Å². The van der Waals surface area contributed by atoms with Crippen molar-refractivity contribution in [3.05, 3.63) is 24.3 Å². The Morgan fingerprint density at radius 1 is 1.14 bits per heavy atom. The SMILES string of the molecule is CC(=O)Nc1ccc(S(=O)(=O)N[C@H]2CCCC[C@H]2C)cc1. The van der Waals surface area contributed by atoms with Crippen LogP contribution in [0.4, 0.5) is 5.69 Å². The van der Waals surface area contributed by atoms with Gasteiger partial charge in [-0.25, -0.2) is 13.1 Å². The summed E-state index contributed by atoms with van der Waals surface area (Å²) in [6, 6.07) is 6.24. The van der Waals surface area contributed by atoms with Gasteiger partial charge in [0.25, 0.3) is 0 Å². The van der Waals surface area contributed by atoms with Crippen LogP contribution >= 0.6 is 0 Å². The molecule has 1 amide bonds. The summed E-state index contributed by atoms with van der Waals surface area (Å²) in [5.74, 6) is 0.187. The standard InChI is InChI=1S/C15H22N2O3S/c1-11-5-3-4-6-15(11)17-21(19,20)14-9-7-13(8-10-14)16-12(2)18/h7-11,15,17H,3-6H2,1-2H3,(H,16,18)/t11-,15+/m1/s1. The molecule has 1 saturated carbocycles. The first-order chi connectivity index (χ1) is 9.88. The van der Waals surface area contributed by atoms with Crippen molar-refractivity contribution in [3.63, 3.8) is 0 Å². The summed E-state index contributed by atoms with van der Waals surface area (Å²) in [7, 11) is -3.50.